The molecule has 1 aromatic heterocycles. The highest BCUT2D eigenvalue weighted by Crippen LogP contribution is 2.36. The number of rotatable bonds is 1. The number of nitrogens with zero attached hydrogens (tertiary/aromatic N) is 3. The molecule has 3 heterocycles. The maximum Gasteiger partial charge on any atom is 0.221 e. The van der Waals surface area contributed by atoms with Crippen molar-refractivity contribution < 1.29 is 14.6 Å². The molecule has 1 saturated heterocycles. The molecule has 2 aliphatic rings. The molecule has 8 heteroatoms. The third-order valence-corrected chi connectivity index (χ3v) is 5.83. The quantitative estimate of drug-likeness (QED) is 0.558. The molecule has 1 amide bonds. The molecule has 8 nitrogen and oxygen atoms in total. The Kier molecular flexibility index (Phi) is 4.82. The second kappa shape index (κ2) is 7.79. The van der Waals surface area contributed by atoms with E-state index in [0.717, 1.165) is 16.9 Å². The van der Waals surface area contributed by atoms with Gasteiger partial charge in [-0.05, 0) is 47.9 Å². The molecule has 2 aliphatic heterocycles. The van der Waals surface area contributed by atoms with Gasteiger partial charge in [0.25, 0.3) is 0 Å². The smallest absolute Gasteiger partial charge is 0.221 e. The van der Waals surface area contributed by atoms with Gasteiger partial charge in [0, 0.05) is 31.6 Å². The van der Waals surface area contributed by atoms with Crippen LogP contribution >= 0.6 is 0 Å². The Balaban J connectivity index is 1.51. The van der Waals surface area contributed by atoms with Crippen molar-refractivity contribution in [1.82, 2.24) is 15.3 Å². The van der Waals surface area contributed by atoms with Gasteiger partial charge in [-0.25, -0.2) is 4.98 Å². The van der Waals surface area contributed by atoms with E-state index in [4.69, 9.17) is 10.5 Å². The maximum absolute atomic E-state index is 12.8. The molecular formula is C23H23N5O3. The number of ether oxygens (including phenoxy) is 1. The number of aromatic hydroxyl groups is 1. The summed E-state index contributed by atoms with van der Waals surface area (Å²) in [6.07, 6.45) is 2.55. The summed E-state index contributed by atoms with van der Waals surface area (Å²) in [7, 11) is 0. The number of hydrogen-bond acceptors (Lipinski definition) is 7. The van der Waals surface area contributed by atoms with Gasteiger partial charge < -0.3 is 25.8 Å². The van der Waals surface area contributed by atoms with E-state index in [1.165, 1.54) is 0 Å². The van der Waals surface area contributed by atoms with E-state index >= 15 is 0 Å². The molecule has 0 saturated carbocycles. The topological polar surface area (TPSA) is 114 Å². The van der Waals surface area contributed by atoms with E-state index in [1.807, 2.05) is 36.4 Å². The van der Waals surface area contributed by atoms with Crippen LogP contribution in [0.25, 0.3) is 0 Å². The normalized spacial score (nSPS) is 20.5. The molecule has 4 N–H and O–H groups in total. The van der Waals surface area contributed by atoms with Crippen LogP contribution in [0.3, 0.4) is 0 Å². The SMILES string of the molecule is Nc1nccc(N2C[C@H]3NC(=O)CCc4ccc(O)c(c4)Oc4cccc(c4)[C@@H]3C2)n1. The van der Waals surface area contributed by atoms with Crippen molar-refractivity contribution in [3.8, 4) is 17.2 Å². The molecule has 0 aliphatic carbocycles. The molecule has 0 spiro atoms. The predicted molar refractivity (Wildman–Crippen MR) is 116 cm³/mol. The lowest BCUT2D eigenvalue weighted by atomic mass is 9.94. The van der Waals surface area contributed by atoms with Crippen molar-refractivity contribution in [2.75, 3.05) is 23.7 Å². The Labute approximate surface area is 179 Å². The fourth-order valence-corrected chi connectivity index (χ4v) is 4.28. The molecule has 0 unspecified atom stereocenters. The molecular weight excluding hydrogens is 394 g/mol. The Bertz CT molecular complexity index is 1140. The van der Waals surface area contributed by atoms with Crippen molar-refractivity contribution in [3.63, 3.8) is 0 Å². The van der Waals surface area contributed by atoms with Gasteiger partial charge in [0.05, 0.1) is 6.04 Å². The number of carbonyl (C=O) groups is 1. The van der Waals surface area contributed by atoms with Crippen molar-refractivity contribution >= 4 is 17.7 Å². The number of aryl methyl sites for hydroxylation is 1. The van der Waals surface area contributed by atoms with E-state index in [-0.39, 0.29) is 29.6 Å². The number of nitrogens with two attached hydrogens (primary N) is 1. The Morgan fingerprint density at radius 3 is 2.90 bits per heavy atom. The first-order chi connectivity index (χ1) is 15.0. The van der Waals surface area contributed by atoms with Gasteiger partial charge >= 0.3 is 0 Å². The van der Waals surface area contributed by atoms with E-state index in [9.17, 15) is 9.90 Å². The molecule has 5 rings (SSSR count). The van der Waals surface area contributed by atoms with Crippen molar-refractivity contribution in [2.45, 2.75) is 24.8 Å². The second-order valence-electron chi connectivity index (χ2n) is 7.94. The summed E-state index contributed by atoms with van der Waals surface area (Å²) in [6.45, 7) is 1.29. The van der Waals surface area contributed by atoms with Crippen LogP contribution in [0, 0.1) is 0 Å². The van der Waals surface area contributed by atoms with Gasteiger partial charge in [-0.2, -0.15) is 4.98 Å². The van der Waals surface area contributed by atoms with E-state index in [1.54, 1.807) is 18.3 Å². The summed E-state index contributed by atoms with van der Waals surface area (Å²) in [6, 6.07) is 14.7. The van der Waals surface area contributed by atoms with Crippen LogP contribution in [-0.4, -0.2) is 40.1 Å². The van der Waals surface area contributed by atoms with E-state index < -0.39 is 0 Å². The van der Waals surface area contributed by atoms with Crippen molar-refractivity contribution in [2.24, 2.45) is 0 Å². The summed E-state index contributed by atoms with van der Waals surface area (Å²) in [5.41, 5.74) is 7.75. The van der Waals surface area contributed by atoms with Crippen LogP contribution in [0.2, 0.25) is 0 Å². The first-order valence-corrected chi connectivity index (χ1v) is 10.3. The van der Waals surface area contributed by atoms with Crippen molar-refractivity contribution in [3.05, 3.63) is 65.9 Å². The fourth-order valence-electron chi connectivity index (χ4n) is 4.28. The number of amides is 1. The first kappa shape index (κ1) is 19.2. The van der Waals surface area contributed by atoms with Crippen LogP contribution in [0.15, 0.2) is 54.7 Å². The second-order valence-corrected chi connectivity index (χ2v) is 7.94. The highest BCUT2D eigenvalue weighted by molar-refractivity contribution is 5.77. The van der Waals surface area contributed by atoms with Crippen LogP contribution in [0.1, 0.15) is 23.5 Å². The average molecular weight is 417 g/mol. The van der Waals surface area contributed by atoms with Crippen molar-refractivity contribution in [1.29, 1.82) is 0 Å². The highest BCUT2D eigenvalue weighted by Gasteiger charge is 2.36. The van der Waals surface area contributed by atoms with Gasteiger partial charge in [0.2, 0.25) is 11.9 Å². The third kappa shape index (κ3) is 3.96. The largest absolute Gasteiger partial charge is 0.504 e. The van der Waals surface area contributed by atoms with Crippen LogP contribution in [0.4, 0.5) is 11.8 Å². The zero-order valence-electron chi connectivity index (χ0n) is 16.9. The maximum atomic E-state index is 12.8. The Morgan fingerprint density at radius 2 is 2.03 bits per heavy atom. The number of nitrogen functional groups attached to an aromatic ring is 1. The highest BCUT2D eigenvalue weighted by atomic mass is 16.5. The van der Waals surface area contributed by atoms with Gasteiger partial charge in [-0.3, -0.25) is 4.79 Å². The molecule has 4 bridgehead atoms. The molecule has 2 aromatic carbocycles. The molecule has 0 radical (unpaired) electrons. The standard InChI is InChI=1S/C23H23N5O3/c24-23-25-9-8-21(27-23)28-12-17-15-2-1-3-16(11-15)31-20-10-14(4-6-19(20)29)5-7-22(30)26-18(17)13-28/h1-4,6,8-11,17-18,29H,5,7,12-13H2,(H,26,30)(H2,24,25,27)/t17-,18+/m0/s1. The predicted octanol–water partition coefficient (Wildman–Crippen LogP) is 2.59. The summed E-state index contributed by atoms with van der Waals surface area (Å²) in [4.78, 5) is 23.2. The third-order valence-electron chi connectivity index (χ3n) is 5.83. The molecule has 31 heavy (non-hydrogen) atoms. The number of benzene rings is 2. The number of phenols is 1. The Hall–Kier alpha value is -3.81. The number of hydrogen-bond donors (Lipinski definition) is 3. The summed E-state index contributed by atoms with van der Waals surface area (Å²) in [5, 5.41) is 13.4. The van der Waals surface area contributed by atoms with Gasteiger partial charge in [0.1, 0.15) is 11.6 Å². The zero-order valence-corrected chi connectivity index (χ0v) is 16.9. The minimum Gasteiger partial charge on any atom is -0.504 e. The van der Waals surface area contributed by atoms with Crippen LogP contribution in [0.5, 0.6) is 17.2 Å². The van der Waals surface area contributed by atoms with Gasteiger partial charge in [-0.15, -0.1) is 0 Å². The summed E-state index contributed by atoms with van der Waals surface area (Å²) >= 11 is 0. The average Bonchev–Trinajstić information content (AvgIpc) is 3.18. The Morgan fingerprint density at radius 1 is 1.13 bits per heavy atom. The molecule has 1 fully saturated rings. The van der Waals surface area contributed by atoms with Gasteiger partial charge in [0.15, 0.2) is 11.5 Å². The summed E-state index contributed by atoms with van der Waals surface area (Å²) in [5.74, 6) is 2.09. The van der Waals surface area contributed by atoms with E-state index in [2.05, 4.69) is 20.2 Å². The number of phenolic OH excluding ortho intramolecular Hbond substituents is 1. The minimum atomic E-state index is -0.0868. The minimum absolute atomic E-state index is 0.00926. The number of aromatic nitrogens is 2. The number of fused-ring (bicyclic) bond motifs is 6. The summed E-state index contributed by atoms with van der Waals surface area (Å²) < 4.78 is 6.00. The number of nitrogens with one attached hydrogen (secondary N) is 1. The van der Waals surface area contributed by atoms with Crippen LogP contribution in [-0.2, 0) is 11.2 Å². The fraction of sp³-hybridized carbons (Fsp3) is 0.261. The number of carbonyl (C=O) groups excluding carboxylic acids is 1. The molecule has 3 aromatic rings. The van der Waals surface area contributed by atoms with E-state index in [0.29, 0.717) is 37.4 Å². The lowest BCUT2D eigenvalue weighted by Crippen LogP contribution is -2.40. The monoisotopic (exact) mass is 417 g/mol. The molecule has 2 atom stereocenters. The molecule has 158 valence electrons. The lowest BCUT2D eigenvalue weighted by Gasteiger charge is -2.20. The zero-order chi connectivity index (χ0) is 21.4. The van der Waals surface area contributed by atoms with Gasteiger partial charge in [-0.1, -0.05) is 18.2 Å². The number of anilines is 2. The van der Waals surface area contributed by atoms with Crippen LogP contribution < -0.4 is 20.7 Å². The first-order valence-electron chi connectivity index (χ1n) is 10.3. The lowest BCUT2D eigenvalue weighted by molar-refractivity contribution is -0.121.